The Hall–Kier alpha value is -3.25. The lowest BCUT2D eigenvalue weighted by Crippen LogP contribution is -2.53. The van der Waals surface area contributed by atoms with E-state index in [4.69, 9.17) is 17.2 Å². The number of carbonyl (C=O) groups excluding carboxylic acids is 3. The Morgan fingerprint density at radius 1 is 0.905 bits per heavy atom. The fourth-order valence-corrected chi connectivity index (χ4v) is 4.20. The van der Waals surface area contributed by atoms with E-state index in [1.807, 2.05) is 0 Å². The van der Waals surface area contributed by atoms with Gasteiger partial charge < -0.3 is 37.8 Å². The van der Waals surface area contributed by atoms with Crippen molar-refractivity contribution in [3.63, 3.8) is 0 Å². The number of aliphatic hydroxyl groups is 1. The van der Waals surface area contributed by atoms with Crippen molar-refractivity contribution in [3.8, 4) is 0 Å². The van der Waals surface area contributed by atoms with Gasteiger partial charge in [-0.2, -0.15) is 26.3 Å². The Morgan fingerprint density at radius 2 is 1.48 bits per heavy atom. The minimum atomic E-state index is -4.80. The van der Waals surface area contributed by atoms with E-state index in [9.17, 15) is 45.8 Å². The zero-order valence-electron chi connectivity index (χ0n) is 21.8. The summed E-state index contributed by atoms with van der Waals surface area (Å²) < 4.78 is 78.6. The molecule has 2 aromatic rings. The lowest BCUT2D eigenvalue weighted by atomic mass is 9.99. The van der Waals surface area contributed by atoms with E-state index < -0.39 is 65.8 Å². The molecule has 0 bridgehead atoms. The molecule has 2 rings (SSSR count). The van der Waals surface area contributed by atoms with Crippen molar-refractivity contribution in [2.24, 2.45) is 17.2 Å². The van der Waals surface area contributed by atoms with Crippen molar-refractivity contribution in [2.75, 3.05) is 31.5 Å². The standard InChI is InChI=1S/C25H29BrF6N6O4/c26-17-6-5-15(11-16(17)25(30,31)32)36-23(42)20(21(40)13-1-3-14(4-2-13)24(27,28)29)37-22(41)18(35)12-19(39)38(9-7-33)10-8-34/h1-6,11,18,20-21,40H,7-10,12,33-35H2,(H,36,42)(H,37,41)/t18-,20?,21+/m0/s1. The maximum atomic E-state index is 13.3. The second-order valence-corrected chi connectivity index (χ2v) is 9.86. The molecule has 3 atom stereocenters. The molecule has 42 heavy (non-hydrogen) atoms. The molecule has 0 fully saturated rings. The third-order valence-electron chi connectivity index (χ3n) is 5.90. The second-order valence-electron chi connectivity index (χ2n) is 9.00. The van der Waals surface area contributed by atoms with Crippen LogP contribution in [0.2, 0.25) is 0 Å². The summed E-state index contributed by atoms with van der Waals surface area (Å²) in [6, 6.07) is 2.18. The number of amides is 3. The Bertz CT molecular complexity index is 1240. The molecule has 10 nitrogen and oxygen atoms in total. The molecule has 232 valence electrons. The number of anilines is 1. The topological polar surface area (TPSA) is 177 Å². The number of benzene rings is 2. The molecule has 17 heteroatoms. The summed E-state index contributed by atoms with van der Waals surface area (Å²) in [6.07, 6.45) is -12.0. The first-order valence-electron chi connectivity index (χ1n) is 12.3. The molecule has 0 heterocycles. The number of hydrogen-bond donors (Lipinski definition) is 6. The highest BCUT2D eigenvalue weighted by atomic mass is 79.9. The van der Waals surface area contributed by atoms with Gasteiger partial charge in [-0.25, -0.2) is 0 Å². The summed E-state index contributed by atoms with van der Waals surface area (Å²) in [7, 11) is 0. The number of nitrogens with zero attached hydrogens (tertiary/aromatic N) is 1. The molecule has 0 aliphatic carbocycles. The molecule has 9 N–H and O–H groups in total. The van der Waals surface area contributed by atoms with Crippen molar-refractivity contribution in [3.05, 3.63) is 63.6 Å². The summed E-state index contributed by atoms with van der Waals surface area (Å²) >= 11 is 2.76. The highest BCUT2D eigenvalue weighted by molar-refractivity contribution is 9.10. The van der Waals surface area contributed by atoms with E-state index in [0.29, 0.717) is 18.2 Å². The van der Waals surface area contributed by atoms with Gasteiger partial charge in [0.1, 0.15) is 12.1 Å². The number of halogens is 7. The maximum Gasteiger partial charge on any atom is 0.417 e. The third kappa shape index (κ3) is 9.65. The summed E-state index contributed by atoms with van der Waals surface area (Å²) in [5.41, 5.74) is 14.0. The number of nitrogens with one attached hydrogen (secondary N) is 2. The van der Waals surface area contributed by atoms with Gasteiger partial charge in [-0.05, 0) is 35.9 Å². The predicted molar refractivity (Wildman–Crippen MR) is 143 cm³/mol. The molecular formula is C25H29BrF6N6O4. The molecule has 0 saturated carbocycles. The van der Waals surface area contributed by atoms with Crippen LogP contribution in [0.5, 0.6) is 0 Å². The Balaban J connectivity index is 2.35. The van der Waals surface area contributed by atoms with Crippen molar-refractivity contribution in [1.82, 2.24) is 10.2 Å². The minimum Gasteiger partial charge on any atom is -0.386 e. The third-order valence-corrected chi connectivity index (χ3v) is 6.59. The number of rotatable bonds is 12. The summed E-state index contributed by atoms with van der Waals surface area (Å²) in [6.45, 7) is 0.436. The first-order chi connectivity index (χ1) is 19.5. The van der Waals surface area contributed by atoms with Crippen LogP contribution < -0.4 is 27.8 Å². The molecule has 0 aliphatic rings. The van der Waals surface area contributed by atoms with Crippen LogP contribution in [0.15, 0.2) is 46.9 Å². The van der Waals surface area contributed by atoms with Crippen LogP contribution in [0.3, 0.4) is 0 Å². The molecule has 0 saturated heterocycles. The summed E-state index contributed by atoms with van der Waals surface area (Å²) in [5, 5.41) is 15.2. The van der Waals surface area contributed by atoms with Crippen LogP contribution in [-0.4, -0.2) is 66.0 Å². The predicted octanol–water partition coefficient (Wildman–Crippen LogP) is 2.11. The number of carbonyl (C=O) groups is 3. The van der Waals surface area contributed by atoms with Gasteiger partial charge in [0.05, 0.1) is 23.6 Å². The zero-order chi connectivity index (χ0) is 31.8. The van der Waals surface area contributed by atoms with Gasteiger partial charge in [-0.3, -0.25) is 14.4 Å². The lowest BCUT2D eigenvalue weighted by Gasteiger charge is -2.26. The van der Waals surface area contributed by atoms with E-state index in [1.54, 1.807) is 0 Å². The molecule has 0 aliphatic heterocycles. The Morgan fingerprint density at radius 3 is 1.98 bits per heavy atom. The minimum absolute atomic E-state index is 0.0981. The fraction of sp³-hybridized carbons (Fsp3) is 0.400. The SMILES string of the molecule is NCCN(CCN)C(=O)C[C@H](N)C(=O)NC(C(=O)Nc1ccc(Br)c(C(F)(F)F)c1)[C@H](O)c1ccc(C(F)(F)F)cc1. The molecule has 0 spiro atoms. The smallest absolute Gasteiger partial charge is 0.386 e. The first-order valence-corrected chi connectivity index (χ1v) is 13.1. The van der Waals surface area contributed by atoms with Gasteiger partial charge in [-0.1, -0.05) is 28.1 Å². The van der Waals surface area contributed by atoms with Crippen LogP contribution in [0.1, 0.15) is 29.2 Å². The summed E-state index contributed by atoms with van der Waals surface area (Å²) in [5.74, 6) is -2.92. The average molecular weight is 671 g/mol. The van der Waals surface area contributed by atoms with E-state index in [-0.39, 0.29) is 41.9 Å². The van der Waals surface area contributed by atoms with Crippen molar-refractivity contribution in [2.45, 2.75) is 37.0 Å². The van der Waals surface area contributed by atoms with E-state index in [0.717, 1.165) is 24.3 Å². The highest BCUT2D eigenvalue weighted by Gasteiger charge is 2.36. The molecule has 0 radical (unpaired) electrons. The van der Waals surface area contributed by atoms with E-state index in [2.05, 4.69) is 26.6 Å². The van der Waals surface area contributed by atoms with Gasteiger partial charge in [-0.15, -0.1) is 0 Å². The van der Waals surface area contributed by atoms with Crippen molar-refractivity contribution >= 4 is 39.3 Å². The van der Waals surface area contributed by atoms with Crippen LogP contribution in [0.4, 0.5) is 32.0 Å². The zero-order valence-corrected chi connectivity index (χ0v) is 23.4. The molecule has 2 aromatic carbocycles. The number of aliphatic hydroxyl groups excluding tert-OH is 1. The van der Waals surface area contributed by atoms with Crippen molar-refractivity contribution in [1.29, 1.82) is 0 Å². The molecular weight excluding hydrogens is 642 g/mol. The molecule has 0 aromatic heterocycles. The number of hydrogen-bond acceptors (Lipinski definition) is 7. The number of nitrogens with two attached hydrogens (primary N) is 3. The second kappa shape index (κ2) is 14.8. The molecule has 1 unspecified atom stereocenters. The normalized spacial score (nSPS) is 14.1. The van der Waals surface area contributed by atoms with Crippen LogP contribution >= 0.6 is 15.9 Å². The maximum absolute atomic E-state index is 13.3. The first kappa shape index (κ1) is 34.9. The van der Waals surface area contributed by atoms with Gasteiger partial charge in [0.15, 0.2) is 0 Å². The van der Waals surface area contributed by atoms with Gasteiger partial charge in [0.25, 0.3) is 0 Å². The van der Waals surface area contributed by atoms with Crippen molar-refractivity contribution < 1.29 is 45.8 Å². The van der Waals surface area contributed by atoms with Crippen LogP contribution in [0, 0.1) is 0 Å². The van der Waals surface area contributed by atoms with E-state index >= 15 is 0 Å². The monoisotopic (exact) mass is 670 g/mol. The highest BCUT2D eigenvalue weighted by Crippen LogP contribution is 2.36. The van der Waals surface area contributed by atoms with Crippen LogP contribution in [0.25, 0.3) is 0 Å². The largest absolute Gasteiger partial charge is 0.417 e. The van der Waals surface area contributed by atoms with Gasteiger partial charge in [0, 0.05) is 36.3 Å². The number of alkyl halides is 6. The van der Waals surface area contributed by atoms with E-state index in [1.165, 1.54) is 4.90 Å². The Labute approximate surface area is 244 Å². The van der Waals surface area contributed by atoms with Gasteiger partial charge in [0.2, 0.25) is 17.7 Å². The average Bonchev–Trinajstić information content (AvgIpc) is 2.90. The lowest BCUT2D eigenvalue weighted by molar-refractivity contribution is -0.138. The van der Waals surface area contributed by atoms with Gasteiger partial charge >= 0.3 is 12.4 Å². The quantitative estimate of drug-likeness (QED) is 0.187. The fourth-order valence-electron chi connectivity index (χ4n) is 3.73. The Kier molecular flexibility index (Phi) is 12.3. The molecule has 3 amide bonds. The van der Waals surface area contributed by atoms with Crippen LogP contribution in [-0.2, 0) is 26.7 Å². The summed E-state index contributed by atoms with van der Waals surface area (Å²) in [4.78, 5) is 39.9.